The first kappa shape index (κ1) is 22.8. The summed E-state index contributed by atoms with van der Waals surface area (Å²) in [6.45, 7) is 4.08. The highest BCUT2D eigenvalue weighted by molar-refractivity contribution is 7.89. The monoisotopic (exact) mass is 444 g/mol. The number of sulfone groups is 1. The van der Waals surface area contributed by atoms with Crippen molar-refractivity contribution in [3.63, 3.8) is 0 Å². The van der Waals surface area contributed by atoms with Gasteiger partial charge in [0, 0.05) is 17.9 Å². The first-order chi connectivity index (χ1) is 14.7. The minimum Gasteiger partial charge on any atom is -0.477 e. The first-order valence-corrected chi connectivity index (χ1v) is 12.4. The summed E-state index contributed by atoms with van der Waals surface area (Å²) in [5.41, 5.74) is 1.47. The van der Waals surface area contributed by atoms with Crippen LogP contribution in [0.3, 0.4) is 0 Å². The zero-order chi connectivity index (χ0) is 22.6. The number of fused-ring (bicyclic) bond motifs is 1. The van der Waals surface area contributed by atoms with Crippen LogP contribution in [0.5, 0.6) is 5.75 Å². The topological polar surface area (TPSA) is 92.8 Å². The molecule has 0 fully saturated rings. The van der Waals surface area contributed by atoms with Crippen LogP contribution in [0, 0.1) is 0 Å². The van der Waals surface area contributed by atoms with Gasteiger partial charge in [-0.1, -0.05) is 38.1 Å². The summed E-state index contributed by atoms with van der Waals surface area (Å²) >= 11 is 0. The van der Waals surface area contributed by atoms with Gasteiger partial charge in [-0.15, -0.1) is 0 Å². The van der Waals surface area contributed by atoms with Gasteiger partial charge >= 0.3 is 0 Å². The lowest BCUT2D eigenvalue weighted by Gasteiger charge is -2.34. The number of anilines is 1. The molecule has 1 N–H and O–H groups in total. The molecule has 1 unspecified atom stereocenters. The summed E-state index contributed by atoms with van der Waals surface area (Å²) in [6.07, 6.45) is 1.93. The fraction of sp³-hybridized carbons (Fsp3) is 0.391. The van der Waals surface area contributed by atoms with Gasteiger partial charge in [0.15, 0.2) is 15.9 Å². The molecule has 0 bridgehead atoms. The van der Waals surface area contributed by atoms with Crippen molar-refractivity contribution >= 4 is 27.3 Å². The van der Waals surface area contributed by atoms with Crippen molar-refractivity contribution in [1.29, 1.82) is 0 Å². The fourth-order valence-corrected chi connectivity index (χ4v) is 4.39. The number of amides is 2. The molecule has 0 radical (unpaired) electrons. The molecule has 1 atom stereocenters. The van der Waals surface area contributed by atoms with Crippen molar-refractivity contribution in [2.45, 2.75) is 44.6 Å². The lowest BCUT2D eigenvalue weighted by atomic mass is 10.1. The van der Waals surface area contributed by atoms with Crippen LogP contribution in [0.1, 0.15) is 42.6 Å². The van der Waals surface area contributed by atoms with Gasteiger partial charge in [-0.3, -0.25) is 9.59 Å². The number of ether oxygens (including phenoxy) is 1. The second-order valence-corrected chi connectivity index (χ2v) is 9.92. The number of carbonyl (C=O) groups is 2. The Balaban J connectivity index is 1.89. The third-order valence-electron chi connectivity index (χ3n) is 5.25. The van der Waals surface area contributed by atoms with Crippen LogP contribution < -0.4 is 15.0 Å². The van der Waals surface area contributed by atoms with Crippen LogP contribution in [0.25, 0.3) is 0 Å². The maximum absolute atomic E-state index is 13.4. The molecule has 8 heteroatoms. The minimum absolute atomic E-state index is 0.0464. The Morgan fingerprint density at radius 2 is 1.84 bits per heavy atom. The van der Waals surface area contributed by atoms with E-state index < -0.39 is 15.9 Å². The van der Waals surface area contributed by atoms with E-state index in [2.05, 4.69) is 5.32 Å². The summed E-state index contributed by atoms with van der Waals surface area (Å²) in [4.78, 5) is 27.7. The van der Waals surface area contributed by atoms with Crippen LogP contribution >= 0.6 is 0 Å². The van der Waals surface area contributed by atoms with E-state index in [4.69, 9.17) is 4.74 Å². The molecule has 2 amide bonds. The molecule has 2 aromatic rings. The molecule has 1 aliphatic heterocycles. The number of benzene rings is 2. The van der Waals surface area contributed by atoms with E-state index in [0.29, 0.717) is 22.6 Å². The van der Waals surface area contributed by atoms with Gasteiger partial charge in [-0.25, -0.2) is 8.42 Å². The SMILES string of the molecule is CCC(CC)NC(=O)C1CN(C(=O)c2cccc(CS(C)(=O)=O)c2)c2ccccc2O1. The van der Waals surface area contributed by atoms with E-state index in [9.17, 15) is 18.0 Å². The third kappa shape index (κ3) is 5.64. The summed E-state index contributed by atoms with van der Waals surface area (Å²) in [7, 11) is -3.23. The van der Waals surface area contributed by atoms with Gasteiger partial charge in [0.25, 0.3) is 11.8 Å². The van der Waals surface area contributed by atoms with Gasteiger partial charge in [-0.05, 0) is 42.7 Å². The molecule has 0 aliphatic carbocycles. The molecule has 0 spiro atoms. The summed E-state index contributed by atoms with van der Waals surface area (Å²) < 4.78 is 29.2. The van der Waals surface area contributed by atoms with Crippen molar-refractivity contribution in [2.75, 3.05) is 17.7 Å². The summed E-state index contributed by atoms with van der Waals surface area (Å²) in [5, 5.41) is 2.98. The van der Waals surface area contributed by atoms with Crippen LogP contribution in [0.4, 0.5) is 5.69 Å². The Bertz CT molecular complexity index is 1060. The van der Waals surface area contributed by atoms with Gasteiger partial charge in [-0.2, -0.15) is 0 Å². The van der Waals surface area contributed by atoms with Crippen molar-refractivity contribution in [2.24, 2.45) is 0 Å². The highest BCUT2D eigenvalue weighted by atomic mass is 32.2. The molecule has 2 aromatic carbocycles. The van der Waals surface area contributed by atoms with Crippen LogP contribution in [0.2, 0.25) is 0 Å². The Morgan fingerprint density at radius 3 is 2.52 bits per heavy atom. The van der Waals surface area contributed by atoms with E-state index in [1.54, 1.807) is 48.5 Å². The number of para-hydroxylation sites is 2. The first-order valence-electron chi connectivity index (χ1n) is 10.4. The second-order valence-electron chi connectivity index (χ2n) is 7.78. The largest absolute Gasteiger partial charge is 0.477 e. The smallest absolute Gasteiger partial charge is 0.263 e. The standard InChI is InChI=1S/C23H28N2O5S/c1-4-18(5-2)24-22(26)21-14-25(19-11-6-7-12-20(19)30-21)23(27)17-10-8-9-16(13-17)15-31(3,28)29/h6-13,18,21H,4-5,14-15H2,1-3H3,(H,24,26). The molecule has 7 nitrogen and oxygen atoms in total. The number of nitrogens with one attached hydrogen (secondary N) is 1. The average molecular weight is 445 g/mol. The van der Waals surface area contributed by atoms with Crippen molar-refractivity contribution in [3.8, 4) is 5.75 Å². The zero-order valence-electron chi connectivity index (χ0n) is 18.0. The van der Waals surface area contributed by atoms with E-state index in [0.717, 1.165) is 19.1 Å². The molecule has 0 saturated heterocycles. The number of nitrogens with zero attached hydrogens (tertiary/aromatic N) is 1. The van der Waals surface area contributed by atoms with E-state index in [1.165, 1.54) is 4.90 Å². The Labute approximate surface area is 183 Å². The van der Waals surface area contributed by atoms with Crippen LogP contribution in [0.15, 0.2) is 48.5 Å². The van der Waals surface area contributed by atoms with Gasteiger partial charge in [0.05, 0.1) is 18.0 Å². The lowest BCUT2D eigenvalue weighted by Crippen LogP contribution is -2.52. The Kier molecular flexibility index (Phi) is 7.00. The summed E-state index contributed by atoms with van der Waals surface area (Å²) in [6, 6.07) is 13.7. The molecular formula is C23H28N2O5S. The van der Waals surface area contributed by atoms with Crippen LogP contribution in [-0.2, 0) is 20.4 Å². The predicted molar refractivity (Wildman–Crippen MR) is 120 cm³/mol. The predicted octanol–water partition coefficient (Wildman–Crippen LogP) is 2.94. The molecule has 3 rings (SSSR count). The molecule has 31 heavy (non-hydrogen) atoms. The highest BCUT2D eigenvalue weighted by Crippen LogP contribution is 2.34. The maximum Gasteiger partial charge on any atom is 0.263 e. The van der Waals surface area contributed by atoms with Gasteiger partial charge in [0.1, 0.15) is 5.75 Å². The summed E-state index contributed by atoms with van der Waals surface area (Å²) in [5.74, 6) is -0.258. The maximum atomic E-state index is 13.4. The minimum atomic E-state index is -3.23. The number of rotatable bonds is 7. The Morgan fingerprint density at radius 1 is 1.13 bits per heavy atom. The molecule has 0 saturated carbocycles. The highest BCUT2D eigenvalue weighted by Gasteiger charge is 2.34. The fourth-order valence-electron chi connectivity index (χ4n) is 3.60. The van der Waals surface area contributed by atoms with Crippen LogP contribution in [-0.4, -0.2) is 45.2 Å². The number of carbonyl (C=O) groups excluding carboxylic acids is 2. The van der Waals surface area contributed by atoms with Crippen molar-refractivity contribution in [1.82, 2.24) is 5.32 Å². The second kappa shape index (κ2) is 9.51. The number of hydrogen-bond acceptors (Lipinski definition) is 5. The van der Waals surface area contributed by atoms with Gasteiger partial charge < -0.3 is 15.0 Å². The van der Waals surface area contributed by atoms with Crippen molar-refractivity contribution < 1.29 is 22.7 Å². The van der Waals surface area contributed by atoms with E-state index in [1.807, 2.05) is 13.8 Å². The molecular weight excluding hydrogens is 416 g/mol. The Hall–Kier alpha value is -2.87. The van der Waals surface area contributed by atoms with Gasteiger partial charge in [0.2, 0.25) is 0 Å². The van der Waals surface area contributed by atoms with E-state index in [-0.39, 0.29) is 30.2 Å². The normalized spacial score (nSPS) is 15.9. The zero-order valence-corrected chi connectivity index (χ0v) is 18.8. The molecule has 1 aliphatic rings. The molecule has 1 heterocycles. The average Bonchev–Trinajstić information content (AvgIpc) is 2.75. The number of hydrogen-bond donors (Lipinski definition) is 1. The molecule has 0 aromatic heterocycles. The van der Waals surface area contributed by atoms with E-state index >= 15 is 0 Å². The lowest BCUT2D eigenvalue weighted by molar-refractivity contribution is -0.128. The quantitative estimate of drug-likeness (QED) is 0.709. The van der Waals surface area contributed by atoms with Crippen molar-refractivity contribution in [3.05, 3.63) is 59.7 Å². The molecule has 166 valence electrons. The third-order valence-corrected chi connectivity index (χ3v) is 6.10.